The molecule has 0 aliphatic carbocycles. The molecule has 2 aromatic rings. The molecule has 0 saturated heterocycles. The minimum absolute atomic E-state index is 0.893. The largest absolute Gasteiger partial charge is 0.311 e. The molecule has 1 N–H and O–H groups in total. The molecule has 19 heavy (non-hydrogen) atoms. The van der Waals surface area contributed by atoms with Crippen molar-refractivity contribution in [3.8, 4) is 0 Å². The van der Waals surface area contributed by atoms with Crippen LogP contribution in [0.5, 0.6) is 0 Å². The maximum atomic E-state index is 4.12. The van der Waals surface area contributed by atoms with Crippen molar-refractivity contribution in [3.05, 3.63) is 52.5 Å². The molecule has 2 aromatic heterocycles. The van der Waals surface area contributed by atoms with E-state index in [9.17, 15) is 0 Å². The first-order chi connectivity index (χ1) is 9.38. The highest BCUT2D eigenvalue weighted by molar-refractivity contribution is 7.09. The fraction of sp³-hybridized carbons (Fsp3) is 0.400. The summed E-state index contributed by atoms with van der Waals surface area (Å²) in [5.41, 5.74) is 1.24. The van der Waals surface area contributed by atoms with Crippen molar-refractivity contribution in [2.24, 2.45) is 0 Å². The summed E-state index contributed by atoms with van der Waals surface area (Å²) in [4.78, 5) is 8.01. The Kier molecular flexibility index (Phi) is 6.01. The minimum Gasteiger partial charge on any atom is -0.311 e. The molecule has 0 amide bonds. The summed E-state index contributed by atoms with van der Waals surface area (Å²) < 4.78 is 0. The molecule has 0 unspecified atom stereocenters. The SMILES string of the molecule is CCN(CCNCc1cccnc1)Cc1cccs1. The van der Waals surface area contributed by atoms with Gasteiger partial charge < -0.3 is 5.32 Å². The third-order valence-corrected chi connectivity index (χ3v) is 3.92. The number of nitrogens with zero attached hydrogens (tertiary/aromatic N) is 2. The normalized spacial score (nSPS) is 11.1. The van der Waals surface area contributed by atoms with Gasteiger partial charge in [-0.25, -0.2) is 0 Å². The van der Waals surface area contributed by atoms with E-state index in [-0.39, 0.29) is 0 Å². The van der Waals surface area contributed by atoms with Crippen LogP contribution >= 0.6 is 11.3 Å². The van der Waals surface area contributed by atoms with Crippen molar-refractivity contribution in [2.75, 3.05) is 19.6 Å². The van der Waals surface area contributed by atoms with E-state index < -0.39 is 0 Å². The fourth-order valence-electron chi connectivity index (χ4n) is 1.94. The Labute approximate surface area is 119 Å². The molecule has 2 heterocycles. The fourth-order valence-corrected chi connectivity index (χ4v) is 2.69. The zero-order chi connectivity index (χ0) is 13.3. The maximum Gasteiger partial charge on any atom is 0.0328 e. The number of aromatic nitrogens is 1. The summed E-state index contributed by atoms with van der Waals surface area (Å²) in [6.07, 6.45) is 3.72. The molecule has 0 fully saturated rings. The van der Waals surface area contributed by atoms with Crippen LogP contribution in [0.15, 0.2) is 42.0 Å². The van der Waals surface area contributed by atoms with E-state index in [4.69, 9.17) is 0 Å². The van der Waals surface area contributed by atoms with Crippen LogP contribution in [-0.2, 0) is 13.1 Å². The second kappa shape index (κ2) is 8.04. The van der Waals surface area contributed by atoms with Gasteiger partial charge in [0.15, 0.2) is 0 Å². The van der Waals surface area contributed by atoms with Crippen molar-refractivity contribution in [3.63, 3.8) is 0 Å². The lowest BCUT2D eigenvalue weighted by atomic mass is 10.3. The van der Waals surface area contributed by atoms with E-state index in [1.165, 1.54) is 10.4 Å². The van der Waals surface area contributed by atoms with Gasteiger partial charge in [-0.1, -0.05) is 19.1 Å². The molecule has 102 valence electrons. The predicted octanol–water partition coefficient (Wildman–Crippen LogP) is 2.75. The van der Waals surface area contributed by atoms with Crippen molar-refractivity contribution < 1.29 is 0 Å². The summed E-state index contributed by atoms with van der Waals surface area (Å²) in [6, 6.07) is 8.40. The van der Waals surface area contributed by atoms with Gasteiger partial charge in [0.1, 0.15) is 0 Å². The second-order valence-electron chi connectivity index (χ2n) is 4.49. The lowest BCUT2D eigenvalue weighted by Gasteiger charge is -2.19. The lowest BCUT2D eigenvalue weighted by Crippen LogP contribution is -2.31. The quantitative estimate of drug-likeness (QED) is 0.751. The van der Waals surface area contributed by atoms with Gasteiger partial charge in [0.25, 0.3) is 0 Å². The molecule has 2 rings (SSSR count). The van der Waals surface area contributed by atoms with E-state index >= 15 is 0 Å². The maximum absolute atomic E-state index is 4.12. The molecule has 0 saturated carbocycles. The first-order valence-electron chi connectivity index (χ1n) is 6.73. The second-order valence-corrected chi connectivity index (χ2v) is 5.52. The minimum atomic E-state index is 0.893. The Hall–Kier alpha value is -1.23. The average Bonchev–Trinajstić information content (AvgIpc) is 2.96. The van der Waals surface area contributed by atoms with Crippen LogP contribution in [0, 0.1) is 0 Å². The van der Waals surface area contributed by atoms with Crippen LogP contribution < -0.4 is 5.32 Å². The number of pyridine rings is 1. The highest BCUT2D eigenvalue weighted by Gasteiger charge is 2.03. The van der Waals surface area contributed by atoms with Crippen molar-refractivity contribution in [1.29, 1.82) is 0 Å². The van der Waals surface area contributed by atoms with E-state index in [1.807, 2.05) is 29.8 Å². The number of likely N-dealkylation sites (N-methyl/N-ethyl adjacent to an activating group) is 1. The van der Waals surface area contributed by atoms with Crippen LogP contribution in [-0.4, -0.2) is 29.5 Å². The lowest BCUT2D eigenvalue weighted by molar-refractivity contribution is 0.281. The van der Waals surface area contributed by atoms with Gasteiger partial charge in [0.2, 0.25) is 0 Å². The summed E-state index contributed by atoms with van der Waals surface area (Å²) >= 11 is 1.83. The molecule has 0 aromatic carbocycles. The van der Waals surface area contributed by atoms with Gasteiger partial charge in [0, 0.05) is 43.4 Å². The van der Waals surface area contributed by atoms with Gasteiger partial charge in [-0.05, 0) is 29.6 Å². The Morgan fingerprint density at radius 2 is 2.26 bits per heavy atom. The molecule has 0 atom stereocenters. The van der Waals surface area contributed by atoms with Crippen LogP contribution in [0.25, 0.3) is 0 Å². The standard InChI is InChI=1S/C15H21N3S/c1-2-18(13-15-6-4-10-19-15)9-8-17-12-14-5-3-7-16-11-14/h3-7,10-11,17H,2,8-9,12-13H2,1H3. The number of hydrogen-bond acceptors (Lipinski definition) is 4. The summed E-state index contributed by atoms with van der Waals surface area (Å²) in [5.74, 6) is 0. The number of nitrogens with one attached hydrogen (secondary N) is 1. The summed E-state index contributed by atoms with van der Waals surface area (Å²) in [5, 5.41) is 5.61. The number of rotatable bonds is 8. The molecule has 3 nitrogen and oxygen atoms in total. The topological polar surface area (TPSA) is 28.2 Å². The Morgan fingerprint density at radius 1 is 1.32 bits per heavy atom. The first-order valence-corrected chi connectivity index (χ1v) is 7.61. The molecule has 0 bridgehead atoms. The van der Waals surface area contributed by atoms with E-state index in [0.29, 0.717) is 0 Å². The first kappa shape index (κ1) is 14.2. The van der Waals surface area contributed by atoms with E-state index in [2.05, 4.69) is 45.7 Å². The zero-order valence-corrected chi connectivity index (χ0v) is 12.2. The van der Waals surface area contributed by atoms with Crippen LogP contribution in [0.4, 0.5) is 0 Å². The Balaban J connectivity index is 1.66. The van der Waals surface area contributed by atoms with Crippen molar-refractivity contribution in [2.45, 2.75) is 20.0 Å². The van der Waals surface area contributed by atoms with Crippen LogP contribution in [0.2, 0.25) is 0 Å². The third kappa shape index (κ3) is 5.11. The molecule has 0 radical (unpaired) electrons. The molecular formula is C15H21N3S. The van der Waals surface area contributed by atoms with Crippen LogP contribution in [0.3, 0.4) is 0 Å². The van der Waals surface area contributed by atoms with E-state index in [0.717, 1.165) is 32.7 Å². The molecule has 0 aliphatic rings. The van der Waals surface area contributed by atoms with Gasteiger partial charge in [0.05, 0.1) is 0 Å². The molecular weight excluding hydrogens is 254 g/mol. The Morgan fingerprint density at radius 3 is 2.95 bits per heavy atom. The van der Waals surface area contributed by atoms with Gasteiger partial charge in [-0.15, -0.1) is 11.3 Å². The van der Waals surface area contributed by atoms with Crippen LogP contribution in [0.1, 0.15) is 17.4 Å². The Bertz CT molecular complexity index is 442. The molecule has 4 heteroatoms. The van der Waals surface area contributed by atoms with Gasteiger partial charge >= 0.3 is 0 Å². The van der Waals surface area contributed by atoms with Crippen molar-refractivity contribution in [1.82, 2.24) is 15.2 Å². The molecule has 0 aliphatic heterocycles. The van der Waals surface area contributed by atoms with Gasteiger partial charge in [-0.3, -0.25) is 9.88 Å². The highest BCUT2D eigenvalue weighted by atomic mass is 32.1. The smallest absolute Gasteiger partial charge is 0.0328 e. The average molecular weight is 275 g/mol. The third-order valence-electron chi connectivity index (χ3n) is 3.06. The highest BCUT2D eigenvalue weighted by Crippen LogP contribution is 2.11. The van der Waals surface area contributed by atoms with Crippen molar-refractivity contribution >= 4 is 11.3 Å². The monoisotopic (exact) mass is 275 g/mol. The van der Waals surface area contributed by atoms with E-state index in [1.54, 1.807) is 0 Å². The summed E-state index contributed by atoms with van der Waals surface area (Å²) in [6.45, 7) is 7.34. The predicted molar refractivity (Wildman–Crippen MR) is 81.2 cm³/mol. The van der Waals surface area contributed by atoms with Gasteiger partial charge in [-0.2, -0.15) is 0 Å². The zero-order valence-electron chi connectivity index (χ0n) is 11.4. The number of thiophene rings is 1. The molecule has 0 spiro atoms. The summed E-state index contributed by atoms with van der Waals surface area (Å²) in [7, 11) is 0. The number of hydrogen-bond donors (Lipinski definition) is 1.